The molecular weight excluding hydrogens is 222 g/mol. The van der Waals surface area contributed by atoms with Crippen molar-refractivity contribution in [3.63, 3.8) is 0 Å². The molecule has 2 unspecified atom stereocenters. The molecule has 0 radical (unpaired) electrons. The van der Waals surface area contributed by atoms with Crippen molar-refractivity contribution >= 4 is 31.5 Å². The third kappa shape index (κ3) is 1.92. The minimum Gasteiger partial charge on any atom is -0.480 e. The molecule has 0 amide bonds. The monoisotopic (exact) mass is 230 g/mol. The molecule has 0 aliphatic rings. The first-order valence-corrected chi connectivity index (χ1v) is 4.53. The van der Waals surface area contributed by atoms with E-state index in [0.29, 0.717) is 24.1 Å². The lowest BCUT2D eigenvalue weighted by molar-refractivity contribution is 0.109. The van der Waals surface area contributed by atoms with E-state index in [0.717, 1.165) is 0 Å². The third-order valence-electron chi connectivity index (χ3n) is 1.70. The molecule has 0 aliphatic heterocycles. The summed E-state index contributed by atoms with van der Waals surface area (Å²) in [4.78, 5) is 21.4. The summed E-state index contributed by atoms with van der Waals surface area (Å²) >= 11 is 0. The van der Waals surface area contributed by atoms with Gasteiger partial charge in [-0.1, -0.05) is 0 Å². The molecule has 2 atom stereocenters. The number of carbonyl (C=O) groups excluding carboxylic acids is 2. The van der Waals surface area contributed by atoms with Crippen molar-refractivity contribution in [2.75, 3.05) is 0 Å². The topological polar surface area (TPSA) is 52.6 Å². The van der Waals surface area contributed by atoms with E-state index in [2.05, 4.69) is 0 Å². The fourth-order valence-corrected chi connectivity index (χ4v) is 1.46. The van der Waals surface area contributed by atoms with Crippen molar-refractivity contribution in [3.8, 4) is 11.5 Å². The maximum Gasteiger partial charge on any atom is 0.154 e. The van der Waals surface area contributed by atoms with Crippen LogP contribution in [0.3, 0.4) is 0 Å². The number of rotatable bonds is 4. The Bertz CT molecular complexity index is 330. The smallest absolute Gasteiger partial charge is 0.154 e. The molecule has 0 N–H and O–H groups in total. The van der Waals surface area contributed by atoms with Gasteiger partial charge < -0.3 is 9.05 Å². The van der Waals surface area contributed by atoms with Crippen LogP contribution in [0.2, 0.25) is 0 Å². The molecule has 0 heterocycles. The Morgan fingerprint density at radius 2 is 1.29 bits per heavy atom. The largest absolute Gasteiger partial charge is 0.480 e. The van der Waals surface area contributed by atoms with E-state index in [1.165, 1.54) is 0 Å². The lowest BCUT2D eigenvalue weighted by atomic mass is 10.1. The van der Waals surface area contributed by atoms with E-state index in [4.69, 9.17) is 9.05 Å². The molecule has 74 valence electrons. The van der Waals surface area contributed by atoms with E-state index in [1.807, 2.05) is 18.9 Å². The number of carbonyl (C=O) groups is 2. The Hall–Kier alpha value is -0.980. The summed E-state index contributed by atoms with van der Waals surface area (Å²) in [5.74, 6) is 0.635. The molecule has 0 saturated carbocycles. The van der Waals surface area contributed by atoms with Crippen molar-refractivity contribution in [2.24, 2.45) is 0 Å². The minimum absolute atomic E-state index is 0.176. The first-order chi connectivity index (χ1) is 6.78. The van der Waals surface area contributed by atoms with Crippen LogP contribution in [0.5, 0.6) is 11.5 Å². The third-order valence-corrected chi connectivity index (χ3v) is 2.20. The standard InChI is InChI=1S/C8H8O4P2/c9-3-5-6(4-10)8(12-14)2-1-7(5)11-13/h1-4H,13-14H2. The van der Waals surface area contributed by atoms with Gasteiger partial charge in [-0.25, -0.2) is 0 Å². The predicted molar refractivity (Wildman–Crippen MR) is 57.9 cm³/mol. The molecule has 0 spiro atoms. The Balaban J connectivity index is 3.43. The molecule has 0 aliphatic carbocycles. The molecule has 0 bridgehead atoms. The Kier molecular flexibility index (Phi) is 3.99. The molecule has 0 fully saturated rings. The van der Waals surface area contributed by atoms with Gasteiger partial charge in [0, 0.05) is 0 Å². The van der Waals surface area contributed by atoms with Crippen molar-refractivity contribution in [2.45, 2.75) is 0 Å². The lowest BCUT2D eigenvalue weighted by Gasteiger charge is -2.08. The van der Waals surface area contributed by atoms with E-state index in [-0.39, 0.29) is 11.1 Å². The van der Waals surface area contributed by atoms with Gasteiger partial charge in [0.2, 0.25) is 0 Å². The van der Waals surface area contributed by atoms with Crippen molar-refractivity contribution in [1.29, 1.82) is 0 Å². The molecule has 1 aromatic carbocycles. The zero-order valence-corrected chi connectivity index (χ0v) is 9.41. The molecule has 4 nitrogen and oxygen atoms in total. The zero-order valence-electron chi connectivity index (χ0n) is 7.10. The van der Waals surface area contributed by atoms with Crippen LogP contribution in [-0.2, 0) is 0 Å². The molecule has 6 heteroatoms. The van der Waals surface area contributed by atoms with Crippen molar-refractivity contribution in [1.82, 2.24) is 0 Å². The van der Waals surface area contributed by atoms with E-state index < -0.39 is 0 Å². The molecular formula is C8H8O4P2. The van der Waals surface area contributed by atoms with Gasteiger partial charge in [-0.3, -0.25) is 9.59 Å². The first-order valence-electron chi connectivity index (χ1n) is 3.59. The number of aldehydes is 2. The van der Waals surface area contributed by atoms with Gasteiger partial charge in [-0.2, -0.15) is 0 Å². The summed E-state index contributed by atoms with van der Waals surface area (Å²) in [6.07, 6.45) is 1.10. The van der Waals surface area contributed by atoms with Gasteiger partial charge in [-0.15, -0.1) is 0 Å². The van der Waals surface area contributed by atoms with Crippen LogP contribution in [-0.4, -0.2) is 12.6 Å². The van der Waals surface area contributed by atoms with Gasteiger partial charge in [-0.05, 0) is 12.1 Å². The van der Waals surface area contributed by atoms with Gasteiger partial charge in [0.1, 0.15) is 11.5 Å². The van der Waals surface area contributed by atoms with Crippen LogP contribution < -0.4 is 9.05 Å². The summed E-state index contributed by atoms with van der Waals surface area (Å²) in [5, 5.41) is 0. The molecule has 0 saturated heterocycles. The number of hydrogen-bond donors (Lipinski definition) is 0. The normalized spacial score (nSPS) is 9.29. The van der Waals surface area contributed by atoms with Crippen molar-refractivity contribution in [3.05, 3.63) is 23.3 Å². The molecule has 0 aromatic heterocycles. The Morgan fingerprint density at radius 3 is 1.50 bits per heavy atom. The van der Waals surface area contributed by atoms with Gasteiger partial charge in [0.15, 0.2) is 12.6 Å². The highest BCUT2D eigenvalue weighted by Gasteiger charge is 2.13. The van der Waals surface area contributed by atoms with Crippen LogP contribution in [0.4, 0.5) is 0 Å². The van der Waals surface area contributed by atoms with Gasteiger partial charge in [0.05, 0.1) is 30.1 Å². The highest BCUT2D eigenvalue weighted by atomic mass is 31.0. The quantitative estimate of drug-likeness (QED) is 0.582. The second-order valence-corrected chi connectivity index (χ2v) is 2.83. The predicted octanol–water partition coefficient (Wildman–Crippen LogP) is 1.65. The average molecular weight is 230 g/mol. The maximum atomic E-state index is 10.7. The van der Waals surface area contributed by atoms with E-state index >= 15 is 0 Å². The average Bonchev–Trinajstić information content (AvgIpc) is 2.26. The molecule has 14 heavy (non-hydrogen) atoms. The fraction of sp³-hybridized carbons (Fsp3) is 0. The number of benzene rings is 1. The second kappa shape index (κ2) is 5.04. The van der Waals surface area contributed by atoms with Crippen molar-refractivity contribution < 1.29 is 18.6 Å². The Morgan fingerprint density at radius 1 is 0.929 bits per heavy atom. The zero-order chi connectivity index (χ0) is 10.6. The summed E-state index contributed by atoms with van der Waals surface area (Å²) in [6.45, 7) is 0. The summed E-state index contributed by atoms with van der Waals surface area (Å²) in [5.41, 5.74) is 0.352. The fourth-order valence-electron chi connectivity index (χ4n) is 1.05. The first kappa shape index (κ1) is 11.1. The Labute approximate surface area is 85.5 Å². The second-order valence-electron chi connectivity index (χ2n) is 2.36. The highest BCUT2D eigenvalue weighted by Crippen LogP contribution is 2.29. The highest BCUT2D eigenvalue weighted by molar-refractivity contribution is 7.10. The van der Waals surface area contributed by atoms with Crippen LogP contribution in [0.25, 0.3) is 0 Å². The van der Waals surface area contributed by atoms with Crippen LogP contribution in [0.1, 0.15) is 20.7 Å². The summed E-state index contributed by atoms with van der Waals surface area (Å²) in [7, 11) is 4.02. The van der Waals surface area contributed by atoms with E-state index in [1.54, 1.807) is 12.1 Å². The van der Waals surface area contributed by atoms with Crippen LogP contribution in [0.15, 0.2) is 12.1 Å². The number of hydrogen-bond acceptors (Lipinski definition) is 4. The molecule has 1 rings (SSSR count). The minimum atomic E-state index is 0.176. The van der Waals surface area contributed by atoms with Crippen LogP contribution in [0, 0.1) is 0 Å². The summed E-state index contributed by atoms with van der Waals surface area (Å²) in [6, 6.07) is 3.09. The van der Waals surface area contributed by atoms with Gasteiger partial charge in [0.25, 0.3) is 0 Å². The molecule has 1 aromatic rings. The van der Waals surface area contributed by atoms with Crippen LogP contribution >= 0.6 is 18.9 Å². The SMILES string of the molecule is O=Cc1c(OP)ccc(OP)c1C=O. The maximum absolute atomic E-state index is 10.7. The van der Waals surface area contributed by atoms with E-state index in [9.17, 15) is 9.59 Å². The van der Waals surface area contributed by atoms with Gasteiger partial charge >= 0.3 is 0 Å². The lowest BCUT2D eigenvalue weighted by Crippen LogP contribution is -1.96. The summed E-state index contributed by atoms with van der Waals surface area (Å²) < 4.78 is 9.68.